The molecule has 4 aliphatic heterocycles. The molecule has 0 atom stereocenters. The summed E-state index contributed by atoms with van der Waals surface area (Å²) in [5.74, 6) is 1.68. The van der Waals surface area contributed by atoms with Gasteiger partial charge in [-0.05, 0) is 98.5 Å². The fraction of sp³-hybridized carbons (Fsp3) is 0. The lowest BCUT2D eigenvalue weighted by Gasteiger charge is -2.46. The minimum atomic E-state index is -0.212. The number of nitrogens with zero attached hydrogens (tertiary/aromatic N) is 3. The van der Waals surface area contributed by atoms with Gasteiger partial charge in [0.25, 0.3) is 13.4 Å². The summed E-state index contributed by atoms with van der Waals surface area (Å²) >= 11 is 0. The lowest BCUT2D eigenvalue weighted by molar-refractivity contribution is 0.493. The number of hydrogen-bond donors (Lipinski definition) is 0. The predicted octanol–water partition coefficient (Wildman–Crippen LogP) is 15.3. The molecule has 14 aromatic rings. The van der Waals surface area contributed by atoms with Crippen LogP contribution in [0.1, 0.15) is 0 Å². The van der Waals surface area contributed by atoms with Crippen LogP contribution < -0.4 is 52.2 Å². The van der Waals surface area contributed by atoms with Crippen LogP contribution in [-0.4, -0.2) is 13.4 Å². The van der Waals surface area contributed by atoms with E-state index < -0.39 is 0 Å². The van der Waals surface area contributed by atoms with E-state index in [0.717, 1.165) is 140 Å². The third kappa shape index (κ3) is 5.99. The smallest absolute Gasteiger partial charge is 0.256 e. The van der Waals surface area contributed by atoms with Crippen molar-refractivity contribution >= 4 is 141 Å². The molecular weight excluding hydrogens is 976 g/mol. The van der Waals surface area contributed by atoms with Crippen LogP contribution in [0.2, 0.25) is 0 Å². The van der Waals surface area contributed by atoms with Gasteiger partial charge in [-0.15, -0.1) is 0 Å². The Bertz CT molecular complexity index is 4850. The first-order valence-electron chi connectivity index (χ1n) is 27.5. The van der Waals surface area contributed by atoms with Gasteiger partial charge in [-0.1, -0.05) is 194 Å². The van der Waals surface area contributed by atoms with Crippen molar-refractivity contribution in [3.05, 3.63) is 261 Å². The van der Waals surface area contributed by atoms with Crippen LogP contribution in [0.25, 0.3) is 66.1 Å². The minimum absolute atomic E-state index is 0.200. The minimum Gasteiger partial charge on any atom is -0.458 e. The van der Waals surface area contributed by atoms with Gasteiger partial charge < -0.3 is 28.3 Å². The van der Waals surface area contributed by atoms with Gasteiger partial charge in [0.2, 0.25) is 0 Å². The average molecular weight is 1020 g/mol. The Hall–Kier alpha value is -10.4. The fourth-order valence-corrected chi connectivity index (χ4v) is 14.1. The maximum absolute atomic E-state index is 7.27. The van der Waals surface area contributed by atoms with Crippen molar-refractivity contribution in [1.29, 1.82) is 0 Å². The van der Waals surface area contributed by atoms with Crippen molar-refractivity contribution in [2.24, 2.45) is 0 Å². The highest BCUT2D eigenvalue weighted by atomic mass is 16.5. The van der Waals surface area contributed by atoms with Crippen LogP contribution in [-0.2, 0) is 0 Å². The van der Waals surface area contributed by atoms with Gasteiger partial charge in [0.05, 0.1) is 22.1 Å². The first-order valence-corrected chi connectivity index (χ1v) is 27.5. The fourth-order valence-electron chi connectivity index (χ4n) is 14.1. The summed E-state index contributed by atoms with van der Waals surface area (Å²) in [6, 6.07) is 94.6. The van der Waals surface area contributed by atoms with E-state index in [0.29, 0.717) is 0 Å². The number of para-hydroxylation sites is 7. The first kappa shape index (κ1) is 43.6. The van der Waals surface area contributed by atoms with Gasteiger partial charge in [-0.3, -0.25) is 0 Å². The molecule has 8 heteroatoms. The maximum Gasteiger partial charge on any atom is 0.256 e. The van der Waals surface area contributed by atoms with E-state index in [4.69, 9.17) is 13.6 Å². The molecule has 0 N–H and O–H groups in total. The molecule has 0 amide bonds. The molecule has 0 saturated heterocycles. The molecule has 0 unspecified atom stereocenters. The van der Waals surface area contributed by atoms with Crippen molar-refractivity contribution in [3.8, 4) is 33.8 Å². The van der Waals surface area contributed by atoms with Gasteiger partial charge >= 0.3 is 0 Å². The number of furan rings is 2. The van der Waals surface area contributed by atoms with Crippen molar-refractivity contribution in [1.82, 2.24) is 0 Å². The standard InChI is InChI=1S/C72H43B2N3O3/c1-5-22-44(23-6-1)48-32-21-33-49(45-24-7-2-8-25-45)70(48)77-58-41-57-54(74-53-35-16-20-39-63(53)80-72-67-51-31-14-19-38-62(51)79-65(67)43-60(69(72)74)75(57)46-26-9-3-10-27-46)40-55(58)73-52-34-15-17-36-56(52)76(47-28-11-4-12-29-47)71-66-50-30-13-18-37-61(50)78-64(66)42-59(77)68(71)73/h1-43H. The second-order valence-electron chi connectivity index (χ2n) is 21.4. The summed E-state index contributed by atoms with van der Waals surface area (Å²) < 4.78 is 21.3. The van der Waals surface area contributed by atoms with Crippen LogP contribution >= 0.6 is 0 Å². The zero-order chi connectivity index (χ0) is 52.2. The van der Waals surface area contributed by atoms with E-state index in [-0.39, 0.29) is 13.4 Å². The third-order valence-electron chi connectivity index (χ3n) is 17.2. The van der Waals surface area contributed by atoms with E-state index in [1.807, 2.05) is 6.07 Å². The molecule has 6 heterocycles. The maximum atomic E-state index is 7.27. The Balaban J connectivity index is 1.04. The van der Waals surface area contributed by atoms with E-state index in [1.165, 1.54) is 21.9 Å². The molecule has 0 bridgehead atoms. The zero-order valence-corrected chi connectivity index (χ0v) is 43.0. The Kier molecular flexibility index (Phi) is 9.03. The SMILES string of the molecule is c1ccc(-c2cccc(-c3ccccc3)c2N2c3cc4c(cc3B3c5ccccc5N(c5ccccc5)c5c3c2cc2oc3ccccc3c52)B2c3ccccc3Oc3c2c(cc2oc5ccccc5c32)N4c2ccccc2)cc1. The zero-order valence-electron chi connectivity index (χ0n) is 43.0. The van der Waals surface area contributed by atoms with Gasteiger partial charge in [0, 0.05) is 73.8 Å². The summed E-state index contributed by atoms with van der Waals surface area (Å²) in [4.78, 5) is 7.57. The van der Waals surface area contributed by atoms with Crippen molar-refractivity contribution in [2.45, 2.75) is 0 Å². The first-order chi connectivity index (χ1) is 39.7. The summed E-state index contributed by atoms with van der Waals surface area (Å²) in [6.45, 7) is -0.412. The van der Waals surface area contributed by atoms with Crippen molar-refractivity contribution in [2.75, 3.05) is 14.7 Å². The molecule has 0 saturated carbocycles. The van der Waals surface area contributed by atoms with Gasteiger partial charge in [-0.2, -0.15) is 0 Å². The molecule has 0 aliphatic carbocycles. The molecule has 6 nitrogen and oxygen atoms in total. The number of benzene rings is 12. The Morgan fingerprint density at radius 1 is 0.300 bits per heavy atom. The quantitative estimate of drug-likeness (QED) is 0.160. The molecule has 12 aromatic carbocycles. The Morgan fingerprint density at radius 2 is 0.800 bits per heavy atom. The molecule has 0 spiro atoms. The highest BCUT2D eigenvalue weighted by molar-refractivity contribution is 7.03. The summed E-state index contributed by atoms with van der Waals surface area (Å²) in [6.07, 6.45) is 0. The molecule has 18 rings (SSSR count). The third-order valence-corrected chi connectivity index (χ3v) is 17.2. The highest BCUT2D eigenvalue weighted by Crippen LogP contribution is 2.55. The van der Waals surface area contributed by atoms with Crippen molar-refractivity contribution < 1.29 is 13.6 Å². The molecule has 0 fully saturated rings. The second-order valence-corrected chi connectivity index (χ2v) is 21.4. The molecule has 80 heavy (non-hydrogen) atoms. The molecule has 370 valence electrons. The number of fused-ring (bicyclic) bond motifs is 16. The molecule has 4 aliphatic rings. The van der Waals surface area contributed by atoms with Crippen molar-refractivity contribution in [3.63, 3.8) is 0 Å². The van der Waals surface area contributed by atoms with Gasteiger partial charge in [0.1, 0.15) is 33.8 Å². The summed E-state index contributed by atoms with van der Waals surface area (Å²) in [5.41, 5.74) is 24.6. The van der Waals surface area contributed by atoms with Crippen LogP contribution in [0.15, 0.2) is 270 Å². The van der Waals surface area contributed by atoms with Crippen LogP contribution in [0.3, 0.4) is 0 Å². The largest absolute Gasteiger partial charge is 0.458 e. The lowest BCUT2D eigenvalue weighted by atomic mass is 9.30. The second kappa shape index (κ2) is 16.5. The number of ether oxygens (including phenoxy) is 1. The summed E-state index contributed by atoms with van der Waals surface area (Å²) in [5, 5.41) is 4.19. The number of hydrogen-bond acceptors (Lipinski definition) is 6. The predicted molar refractivity (Wildman–Crippen MR) is 332 cm³/mol. The van der Waals surface area contributed by atoms with E-state index >= 15 is 0 Å². The Morgan fingerprint density at radius 3 is 1.46 bits per heavy atom. The average Bonchev–Trinajstić information content (AvgIpc) is 2.77. The van der Waals surface area contributed by atoms with Crippen LogP contribution in [0.5, 0.6) is 11.5 Å². The number of rotatable bonds is 5. The van der Waals surface area contributed by atoms with E-state index in [1.54, 1.807) is 0 Å². The number of anilines is 9. The van der Waals surface area contributed by atoms with Gasteiger partial charge in [-0.25, -0.2) is 0 Å². The van der Waals surface area contributed by atoms with E-state index in [2.05, 4.69) is 269 Å². The molecule has 0 radical (unpaired) electrons. The summed E-state index contributed by atoms with van der Waals surface area (Å²) in [7, 11) is 0. The Labute approximate surface area is 461 Å². The van der Waals surface area contributed by atoms with Gasteiger partial charge in [0.15, 0.2) is 0 Å². The monoisotopic (exact) mass is 1020 g/mol. The highest BCUT2D eigenvalue weighted by Gasteiger charge is 2.49. The van der Waals surface area contributed by atoms with Crippen LogP contribution in [0.4, 0.5) is 51.2 Å². The topological polar surface area (TPSA) is 45.2 Å². The lowest BCUT2D eigenvalue weighted by Crippen LogP contribution is -2.64. The van der Waals surface area contributed by atoms with E-state index in [9.17, 15) is 0 Å². The molecule has 2 aromatic heterocycles. The molecular formula is C72H43B2N3O3. The normalized spacial score (nSPS) is 13.5. The van der Waals surface area contributed by atoms with Crippen LogP contribution in [0, 0.1) is 0 Å².